The van der Waals surface area contributed by atoms with Crippen LogP contribution in [0.4, 0.5) is 5.69 Å². The van der Waals surface area contributed by atoms with Crippen molar-refractivity contribution in [3.05, 3.63) is 89.4 Å². The summed E-state index contributed by atoms with van der Waals surface area (Å²) in [6.07, 6.45) is 0. The van der Waals surface area contributed by atoms with Crippen LogP contribution < -0.4 is 5.32 Å². The summed E-state index contributed by atoms with van der Waals surface area (Å²) in [6.45, 7) is 6.42. The third-order valence-corrected chi connectivity index (χ3v) is 5.59. The summed E-state index contributed by atoms with van der Waals surface area (Å²) in [6, 6.07) is 23.5. The molecule has 4 rings (SSSR count). The van der Waals surface area contributed by atoms with Crippen molar-refractivity contribution in [1.29, 1.82) is 0 Å². The minimum Gasteiger partial charge on any atom is -0.320 e. The number of thiophene rings is 1. The van der Waals surface area contributed by atoms with Crippen LogP contribution in [0.5, 0.6) is 0 Å². The fraction of sp³-hybridized carbons (Fsp3) is 0.167. The Morgan fingerprint density at radius 2 is 1.69 bits per heavy atom. The van der Waals surface area contributed by atoms with Crippen LogP contribution in [0.2, 0.25) is 0 Å². The second-order valence-corrected chi connectivity index (χ2v) is 8.84. The Hall–Kier alpha value is -3.18. The maximum Gasteiger partial charge on any atom is 0.274 e. The zero-order valence-corrected chi connectivity index (χ0v) is 17.5. The zero-order valence-electron chi connectivity index (χ0n) is 16.7. The number of amides is 1. The van der Waals surface area contributed by atoms with E-state index in [9.17, 15) is 4.79 Å². The summed E-state index contributed by atoms with van der Waals surface area (Å²) in [7, 11) is 0. The van der Waals surface area contributed by atoms with E-state index in [2.05, 4.69) is 32.2 Å². The highest BCUT2D eigenvalue weighted by atomic mass is 32.1. The maximum atomic E-state index is 13.3. The Bertz CT molecular complexity index is 1120. The number of para-hydroxylation sites is 2. The van der Waals surface area contributed by atoms with Crippen LogP contribution in [-0.2, 0) is 5.41 Å². The summed E-state index contributed by atoms with van der Waals surface area (Å²) in [5.74, 6) is -0.180. The van der Waals surface area contributed by atoms with Crippen LogP contribution >= 0.6 is 11.3 Å². The molecule has 4 nitrogen and oxygen atoms in total. The van der Waals surface area contributed by atoms with Gasteiger partial charge in [-0.05, 0) is 46.7 Å². The van der Waals surface area contributed by atoms with E-state index in [1.165, 1.54) is 0 Å². The van der Waals surface area contributed by atoms with E-state index >= 15 is 0 Å². The van der Waals surface area contributed by atoms with Crippen molar-refractivity contribution in [3.8, 4) is 16.3 Å². The molecule has 0 saturated heterocycles. The third-order valence-electron chi connectivity index (χ3n) is 4.70. The minimum atomic E-state index is -0.180. The summed E-state index contributed by atoms with van der Waals surface area (Å²) >= 11 is 1.61. The lowest BCUT2D eigenvalue weighted by molar-refractivity contribution is 0.101. The molecule has 0 bridgehead atoms. The van der Waals surface area contributed by atoms with Crippen LogP contribution in [0, 0.1) is 0 Å². The quantitative estimate of drug-likeness (QED) is 0.446. The average molecular weight is 402 g/mol. The van der Waals surface area contributed by atoms with Gasteiger partial charge in [0.05, 0.1) is 10.6 Å². The van der Waals surface area contributed by atoms with Gasteiger partial charge in [0, 0.05) is 5.69 Å². The first-order chi connectivity index (χ1) is 13.9. The van der Waals surface area contributed by atoms with E-state index in [1.54, 1.807) is 16.0 Å². The van der Waals surface area contributed by atoms with E-state index in [1.807, 2.05) is 72.1 Å². The smallest absolute Gasteiger partial charge is 0.274 e. The Balaban J connectivity index is 1.76. The molecular weight excluding hydrogens is 378 g/mol. The Morgan fingerprint density at radius 1 is 0.966 bits per heavy atom. The number of rotatable bonds is 4. The summed E-state index contributed by atoms with van der Waals surface area (Å²) < 4.78 is 1.71. The van der Waals surface area contributed by atoms with Crippen LogP contribution in [0.25, 0.3) is 16.3 Å². The number of carbonyl (C=O) groups is 1. The first-order valence-electron chi connectivity index (χ1n) is 9.54. The van der Waals surface area contributed by atoms with Gasteiger partial charge in [0.15, 0.2) is 0 Å². The Morgan fingerprint density at radius 3 is 2.38 bits per heavy atom. The van der Waals surface area contributed by atoms with Crippen LogP contribution in [-0.4, -0.2) is 15.7 Å². The van der Waals surface area contributed by atoms with Crippen molar-refractivity contribution in [2.24, 2.45) is 0 Å². The number of aromatic nitrogens is 2. The highest BCUT2D eigenvalue weighted by molar-refractivity contribution is 7.13. The molecule has 1 N–H and O–H groups in total. The first kappa shape index (κ1) is 19.2. The van der Waals surface area contributed by atoms with E-state index in [0.717, 1.165) is 27.5 Å². The van der Waals surface area contributed by atoms with Gasteiger partial charge >= 0.3 is 0 Å². The van der Waals surface area contributed by atoms with Gasteiger partial charge in [-0.3, -0.25) is 4.79 Å². The van der Waals surface area contributed by atoms with Crippen LogP contribution in [0.1, 0.15) is 36.8 Å². The second kappa shape index (κ2) is 7.68. The number of anilines is 1. The van der Waals surface area contributed by atoms with Crippen LogP contribution in [0.15, 0.2) is 78.2 Å². The predicted octanol–water partition coefficient (Wildman–Crippen LogP) is 6.15. The van der Waals surface area contributed by atoms with E-state index in [-0.39, 0.29) is 11.3 Å². The van der Waals surface area contributed by atoms with Crippen molar-refractivity contribution in [2.45, 2.75) is 26.2 Å². The molecule has 0 aliphatic carbocycles. The molecule has 29 heavy (non-hydrogen) atoms. The lowest BCUT2D eigenvalue weighted by Gasteiger charge is -2.23. The van der Waals surface area contributed by atoms with E-state index < -0.39 is 0 Å². The zero-order chi connectivity index (χ0) is 20.4. The molecule has 2 aromatic carbocycles. The molecule has 5 heteroatoms. The molecule has 0 spiro atoms. The number of carbonyl (C=O) groups excluding carboxylic acids is 1. The largest absolute Gasteiger partial charge is 0.320 e. The lowest BCUT2D eigenvalue weighted by Crippen LogP contribution is -2.20. The number of benzene rings is 2. The molecule has 4 aromatic rings. The molecule has 0 saturated carbocycles. The van der Waals surface area contributed by atoms with Gasteiger partial charge in [-0.2, -0.15) is 5.10 Å². The van der Waals surface area contributed by atoms with Crippen molar-refractivity contribution >= 4 is 22.9 Å². The highest BCUT2D eigenvalue weighted by Crippen LogP contribution is 2.30. The van der Waals surface area contributed by atoms with E-state index in [4.69, 9.17) is 5.10 Å². The number of nitrogens with one attached hydrogen (secondary N) is 1. The Kier molecular flexibility index (Phi) is 5.07. The molecule has 2 aromatic heterocycles. The fourth-order valence-electron chi connectivity index (χ4n) is 3.29. The maximum absolute atomic E-state index is 13.3. The normalized spacial score (nSPS) is 11.4. The molecule has 0 fully saturated rings. The molecule has 1 amide bonds. The van der Waals surface area contributed by atoms with Gasteiger partial charge in [-0.1, -0.05) is 63.2 Å². The molecule has 0 aliphatic rings. The minimum absolute atomic E-state index is 0.0777. The molecule has 2 heterocycles. The highest BCUT2D eigenvalue weighted by Gasteiger charge is 2.22. The number of hydrogen-bond acceptors (Lipinski definition) is 3. The van der Waals surface area contributed by atoms with Crippen molar-refractivity contribution in [3.63, 3.8) is 0 Å². The molecular formula is C24H23N3OS. The number of hydrogen-bond donors (Lipinski definition) is 1. The van der Waals surface area contributed by atoms with Gasteiger partial charge in [0.2, 0.25) is 0 Å². The fourth-order valence-corrected chi connectivity index (χ4v) is 3.97. The number of nitrogens with zero attached hydrogens (tertiary/aromatic N) is 2. The predicted molar refractivity (Wildman–Crippen MR) is 120 cm³/mol. The molecule has 146 valence electrons. The van der Waals surface area contributed by atoms with Gasteiger partial charge in [-0.15, -0.1) is 11.3 Å². The topological polar surface area (TPSA) is 46.9 Å². The van der Waals surface area contributed by atoms with Gasteiger partial charge in [0.25, 0.3) is 5.91 Å². The van der Waals surface area contributed by atoms with Gasteiger partial charge < -0.3 is 5.32 Å². The summed E-state index contributed by atoms with van der Waals surface area (Å²) in [5.41, 5.74) is 3.98. The van der Waals surface area contributed by atoms with Crippen LogP contribution in [0.3, 0.4) is 0 Å². The molecule has 0 radical (unpaired) electrons. The van der Waals surface area contributed by atoms with Crippen molar-refractivity contribution in [1.82, 2.24) is 9.78 Å². The van der Waals surface area contributed by atoms with Crippen molar-refractivity contribution in [2.75, 3.05) is 5.32 Å². The van der Waals surface area contributed by atoms with Gasteiger partial charge in [0.1, 0.15) is 11.4 Å². The van der Waals surface area contributed by atoms with Crippen molar-refractivity contribution < 1.29 is 4.79 Å². The standard InChI is InChI=1S/C24H23N3OS/c1-24(2,3)18-12-7-8-13-19(18)25-23(28)21-16-20(22-14-9-15-29-22)26-27(21)17-10-5-4-6-11-17/h4-16H,1-3H3,(H,25,28). The van der Waals surface area contributed by atoms with Gasteiger partial charge in [-0.25, -0.2) is 4.68 Å². The Labute approximate surface area is 174 Å². The monoisotopic (exact) mass is 401 g/mol. The third kappa shape index (κ3) is 4.00. The van der Waals surface area contributed by atoms with E-state index in [0.29, 0.717) is 5.69 Å². The summed E-state index contributed by atoms with van der Waals surface area (Å²) in [4.78, 5) is 14.3. The molecule has 0 atom stereocenters. The average Bonchev–Trinajstić information content (AvgIpc) is 3.38. The second-order valence-electron chi connectivity index (χ2n) is 7.89. The SMILES string of the molecule is CC(C)(C)c1ccccc1NC(=O)c1cc(-c2cccs2)nn1-c1ccccc1. The summed E-state index contributed by atoms with van der Waals surface area (Å²) in [5, 5.41) is 9.84. The molecule has 0 unspecified atom stereocenters. The lowest BCUT2D eigenvalue weighted by atomic mass is 9.86. The first-order valence-corrected chi connectivity index (χ1v) is 10.4. The molecule has 0 aliphatic heterocycles.